The van der Waals surface area contributed by atoms with Gasteiger partial charge >= 0.3 is 0 Å². The molecule has 0 aromatic heterocycles. The number of rotatable bonds is 4. The highest BCUT2D eigenvalue weighted by molar-refractivity contribution is 5.99. The molecule has 4 heteroatoms. The van der Waals surface area contributed by atoms with Gasteiger partial charge in [-0.3, -0.25) is 9.59 Å². The summed E-state index contributed by atoms with van der Waals surface area (Å²) in [4.78, 5) is 26.2. The summed E-state index contributed by atoms with van der Waals surface area (Å²) in [5.41, 5.74) is -0.642. The summed E-state index contributed by atoms with van der Waals surface area (Å²) in [7, 11) is 0. The van der Waals surface area contributed by atoms with Crippen molar-refractivity contribution < 1.29 is 9.59 Å². The van der Waals surface area contributed by atoms with Gasteiger partial charge in [0.1, 0.15) is 11.6 Å². The Kier molecular flexibility index (Phi) is 3.15. The number of carbonyl (C=O) groups is 2. The third-order valence-corrected chi connectivity index (χ3v) is 4.08. The van der Waals surface area contributed by atoms with Crippen LogP contribution in [-0.2, 0) is 9.59 Å². The molecule has 1 saturated carbocycles. The molecule has 2 amide bonds. The van der Waals surface area contributed by atoms with E-state index in [9.17, 15) is 9.59 Å². The summed E-state index contributed by atoms with van der Waals surface area (Å²) >= 11 is 0. The standard InChI is InChI=1S/C13H22N2O2/c1-4-5-8-15-9(2)11(16)14-13(3,12(15)17)10-6-7-10/h9-10H,4-8H2,1-3H3,(H,14,16). The molecule has 0 aromatic rings. The van der Waals surface area contributed by atoms with Crippen LogP contribution >= 0.6 is 0 Å². The molecular formula is C13H22N2O2. The molecule has 17 heavy (non-hydrogen) atoms. The number of amides is 2. The van der Waals surface area contributed by atoms with Crippen LogP contribution in [0.25, 0.3) is 0 Å². The Morgan fingerprint density at radius 2 is 2.06 bits per heavy atom. The average Bonchev–Trinajstić information content (AvgIpc) is 3.11. The van der Waals surface area contributed by atoms with E-state index in [0.29, 0.717) is 12.5 Å². The Labute approximate surface area is 103 Å². The van der Waals surface area contributed by atoms with Gasteiger partial charge in [0.2, 0.25) is 11.8 Å². The molecule has 2 fully saturated rings. The summed E-state index contributed by atoms with van der Waals surface area (Å²) in [6.07, 6.45) is 4.11. The maximum atomic E-state index is 12.5. The van der Waals surface area contributed by atoms with Crippen molar-refractivity contribution in [3.63, 3.8) is 0 Å². The van der Waals surface area contributed by atoms with Crippen molar-refractivity contribution >= 4 is 11.8 Å². The van der Waals surface area contributed by atoms with E-state index < -0.39 is 5.54 Å². The minimum Gasteiger partial charge on any atom is -0.340 e. The predicted molar refractivity (Wildman–Crippen MR) is 65.4 cm³/mol. The normalized spacial score (nSPS) is 33.8. The molecule has 1 heterocycles. The number of hydrogen-bond donors (Lipinski definition) is 1. The van der Waals surface area contributed by atoms with Crippen LogP contribution < -0.4 is 5.32 Å². The first kappa shape index (κ1) is 12.4. The van der Waals surface area contributed by atoms with E-state index in [4.69, 9.17) is 0 Å². The Hall–Kier alpha value is -1.06. The number of carbonyl (C=O) groups excluding carboxylic acids is 2. The third-order valence-electron chi connectivity index (χ3n) is 4.08. The van der Waals surface area contributed by atoms with E-state index in [0.717, 1.165) is 25.7 Å². The van der Waals surface area contributed by atoms with Gasteiger partial charge in [-0.25, -0.2) is 0 Å². The van der Waals surface area contributed by atoms with Crippen LogP contribution in [0.2, 0.25) is 0 Å². The average molecular weight is 238 g/mol. The van der Waals surface area contributed by atoms with Crippen molar-refractivity contribution in [2.75, 3.05) is 6.54 Å². The molecule has 0 radical (unpaired) electrons. The van der Waals surface area contributed by atoms with Crippen molar-refractivity contribution in [2.24, 2.45) is 5.92 Å². The highest BCUT2D eigenvalue weighted by Gasteiger charge is 2.54. The molecule has 96 valence electrons. The van der Waals surface area contributed by atoms with Crippen LogP contribution in [0.3, 0.4) is 0 Å². The Morgan fingerprint density at radius 3 is 2.59 bits per heavy atom. The second-order valence-electron chi connectivity index (χ2n) is 5.49. The largest absolute Gasteiger partial charge is 0.340 e. The van der Waals surface area contributed by atoms with E-state index in [2.05, 4.69) is 12.2 Å². The van der Waals surface area contributed by atoms with Gasteiger partial charge in [-0.15, -0.1) is 0 Å². The van der Waals surface area contributed by atoms with E-state index in [-0.39, 0.29) is 17.9 Å². The molecule has 4 nitrogen and oxygen atoms in total. The quantitative estimate of drug-likeness (QED) is 0.802. The lowest BCUT2D eigenvalue weighted by atomic mass is 9.89. The molecule has 1 aliphatic heterocycles. The SMILES string of the molecule is CCCCN1C(=O)C(C)(C2CC2)NC(=O)C1C. The zero-order valence-corrected chi connectivity index (χ0v) is 11.0. The summed E-state index contributed by atoms with van der Waals surface area (Å²) in [5.74, 6) is 0.450. The second-order valence-corrected chi connectivity index (χ2v) is 5.49. The zero-order chi connectivity index (χ0) is 12.6. The Bertz CT molecular complexity index is 338. The van der Waals surface area contributed by atoms with Gasteiger partial charge in [-0.1, -0.05) is 13.3 Å². The monoisotopic (exact) mass is 238 g/mol. The molecular weight excluding hydrogens is 216 g/mol. The van der Waals surface area contributed by atoms with Crippen molar-refractivity contribution in [3.8, 4) is 0 Å². The van der Waals surface area contributed by atoms with E-state index >= 15 is 0 Å². The summed E-state index contributed by atoms with van der Waals surface area (Å²) in [6.45, 7) is 6.50. The lowest BCUT2D eigenvalue weighted by Crippen LogP contribution is -2.69. The first-order chi connectivity index (χ1) is 8.00. The van der Waals surface area contributed by atoms with Crippen LogP contribution in [0.4, 0.5) is 0 Å². The molecule has 0 bridgehead atoms. The number of hydrogen-bond acceptors (Lipinski definition) is 2. The van der Waals surface area contributed by atoms with Crippen LogP contribution in [0, 0.1) is 5.92 Å². The predicted octanol–water partition coefficient (Wildman–Crippen LogP) is 1.30. The van der Waals surface area contributed by atoms with E-state index in [1.807, 2.05) is 13.8 Å². The number of unbranched alkanes of at least 4 members (excludes halogenated alkanes) is 1. The van der Waals surface area contributed by atoms with Crippen molar-refractivity contribution in [2.45, 2.75) is 58.0 Å². The fraction of sp³-hybridized carbons (Fsp3) is 0.846. The van der Waals surface area contributed by atoms with Crippen molar-refractivity contribution in [1.82, 2.24) is 10.2 Å². The highest BCUT2D eigenvalue weighted by Crippen LogP contribution is 2.42. The molecule has 1 aliphatic carbocycles. The van der Waals surface area contributed by atoms with E-state index in [1.165, 1.54) is 0 Å². The molecule has 2 atom stereocenters. The number of piperazine rings is 1. The fourth-order valence-electron chi connectivity index (χ4n) is 2.59. The van der Waals surface area contributed by atoms with Gasteiger partial charge in [0.25, 0.3) is 0 Å². The van der Waals surface area contributed by atoms with Crippen LogP contribution in [0.15, 0.2) is 0 Å². The molecule has 0 aromatic carbocycles. The molecule has 0 spiro atoms. The van der Waals surface area contributed by atoms with Gasteiger partial charge in [0.15, 0.2) is 0 Å². The van der Waals surface area contributed by atoms with Gasteiger partial charge in [0.05, 0.1) is 0 Å². The lowest BCUT2D eigenvalue weighted by Gasteiger charge is -2.43. The molecule has 2 aliphatic rings. The van der Waals surface area contributed by atoms with Crippen LogP contribution in [0.5, 0.6) is 0 Å². The molecule has 2 unspecified atom stereocenters. The highest BCUT2D eigenvalue weighted by atomic mass is 16.2. The number of nitrogens with one attached hydrogen (secondary N) is 1. The lowest BCUT2D eigenvalue weighted by molar-refractivity contribution is -0.154. The minimum absolute atomic E-state index is 0.00453. The molecule has 1 N–H and O–H groups in total. The van der Waals surface area contributed by atoms with Crippen LogP contribution in [-0.4, -0.2) is 34.8 Å². The summed E-state index contributed by atoms with van der Waals surface area (Å²) in [5, 5.41) is 2.93. The molecule has 2 rings (SSSR count). The minimum atomic E-state index is -0.642. The Balaban J connectivity index is 2.17. The smallest absolute Gasteiger partial charge is 0.248 e. The second kappa shape index (κ2) is 4.31. The Morgan fingerprint density at radius 1 is 1.41 bits per heavy atom. The maximum absolute atomic E-state index is 12.5. The van der Waals surface area contributed by atoms with Gasteiger partial charge in [-0.2, -0.15) is 0 Å². The van der Waals surface area contributed by atoms with Gasteiger partial charge in [0, 0.05) is 6.54 Å². The topological polar surface area (TPSA) is 49.4 Å². The molecule has 1 saturated heterocycles. The van der Waals surface area contributed by atoms with Crippen LogP contribution in [0.1, 0.15) is 46.5 Å². The van der Waals surface area contributed by atoms with Gasteiger partial charge < -0.3 is 10.2 Å². The maximum Gasteiger partial charge on any atom is 0.248 e. The van der Waals surface area contributed by atoms with Crippen molar-refractivity contribution in [1.29, 1.82) is 0 Å². The first-order valence-electron chi connectivity index (χ1n) is 6.63. The summed E-state index contributed by atoms with van der Waals surface area (Å²) < 4.78 is 0. The zero-order valence-electron chi connectivity index (χ0n) is 11.0. The fourth-order valence-corrected chi connectivity index (χ4v) is 2.59. The summed E-state index contributed by atoms with van der Waals surface area (Å²) in [6, 6.07) is -0.319. The third kappa shape index (κ3) is 2.05. The van der Waals surface area contributed by atoms with E-state index in [1.54, 1.807) is 4.90 Å². The van der Waals surface area contributed by atoms with Gasteiger partial charge in [-0.05, 0) is 39.0 Å². The first-order valence-corrected chi connectivity index (χ1v) is 6.63. The van der Waals surface area contributed by atoms with Crippen molar-refractivity contribution in [3.05, 3.63) is 0 Å². The number of nitrogens with zero attached hydrogens (tertiary/aromatic N) is 1.